The fraction of sp³-hybridized carbons (Fsp3) is 0.900. The van der Waals surface area contributed by atoms with Crippen LogP contribution in [0.4, 0.5) is 0 Å². The van der Waals surface area contributed by atoms with Crippen LogP contribution in [0.1, 0.15) is 19.8 Å². The second kappa shape index (κ2) is 2.70. The van der Waals surface area contributed by atoms with Crippen molar-refractivity contribution >= 4 is 5.91 Å². The molecule has 1 amide bonds. The van der Waals surface area contributed by atoms with Gasteiger partial charge in [-0.2, -0.15) is 0 Å². The van der Waals surface area contributed by atoms with Crippen LogP contribution in [0.5, 0.6) is 0 Å². The van der Waals surface area contributed by atoms with E-state index in [0.29, 0.717) is 24.5 Å². The van der Waals surface area contributed by atoms with E-state index in [-0.39, 0.29) is 5.91 Å². The molecular formula is C10H17N3O. The Bertz CT molecular complexity index is 281. The molecule has 4 heteroatoms. The SMILES string of the molecule is CCC(=O)N1NC2C3C[C@H]1C2N(C)C3. The Morgan fingerprint density at radius 2 is 2.36 bits per heavy atom. The summed E-state index contributed by atoms with van der Waals surface area (Å²) in [4.78, 5) is 14.0. The maximum Gasteiger partial charge on any atom is 0.236 e. The summed E-state index contributed by atoms with van der Waals surface area (Å²) in [6, 6.07) is 1.56. The summed E-state index contributed by atoms with van der Waals surface area (Å²) >= 11 is 0. The minimum absolute atomic E-state index is 0.247. The molecule has 2 saturated heterocycles. The van der Waals surface area contributed by atoms with E-state index in [4.69, 9.17) is 0 Å². The molecule has 0 radical (unpaired) electrons. The average molecular weight is 195 g/mol. The predicted octanol–water partition coefficient (Wildman–Crippen LogP) is -0.186. The number of amides is 1. The smallest absolute Gasteiger partial charge is 0.236 e. The maximum absolute atomic E-state index is 11.6. The van der Waals surface area contributed by atoms with Crippen LogP contribution < -0.4 is 5.43 Å². The molecule has 3 aliphatic rings. The topological polar surface area (TPSA) is 35.6 Å². The third-order valence-electron chi connectivity index (χ3n) is 4.04. The molecule has 3 unspecified atom stereocenters. The monoisotopic (exact) mass is 195 g/mol. The highest BCUT2D eigenvalue weighted by Gasteiger charge is 2.59. The van der Waals surface area contributed by atoms with Crippen molar-refractivity contribution < 1.29 is 4.79 Å². The van der Waals surface area contributed by atoms with Gasteiger partial charge in [0.05, 0.1) is 6.04 Å². The van der Waals surface area contributed by atoms with E-state index in [2.05, 4.69) is 17.4 Å². The molecule has 0 aromatic carbocycles. The lowest BCUT2D eigenvalue weighted by atomic mass is 10.0. The largest absolute Gasteiger partial charge is 0.299 e. The number of nitrogens with zero attached hydrogens (tertiary/aromatic N) is 2. The molecule has 78 valence electrons. The highest BCUT2D eigenvalue weighted by atomic mass is 16.2. The number of likely N-dealkylation sites (tertiary alicyclic amines) is 1. The molecule has 0 aromatic heterocycles. The van der Waals surface area contributed by atoms with Crippen LogP contribution in [0.25, 0.3) is 0 Å². The van der Waals surface area contributed by atoms with Gasteiger partial charge in [-0.1, -0.05) is 6.92 Å². The molecule has 0 spiro atoms. The summed E-state index contributed by atoms with van der Waals surface area (Å²) in [5.74, 6) is 1.02. The Hall–Kier alpha value is -0.610. The minimum atomic E-state index is 0.247. The fourth-order valence-electron chi connectivity index (χ4n) is 3.49. The van der Waals surface area contributed by atoms with Gasteiger partial charge in [0.2, 0.25) is 5.91 Å². The number of nitrogens with one attached hydrogen (secondary N) is 1. The van der Waals surface area contributed by atoms with Crippen molar-refractivity contribution in [3.63, 3.8) is 0 Å². The van der Waals surface area contributed by atoms with Crippen molar-refractivity contribution in [2.75, 3.05) is 13.6 Å². The zero-order valence-corrected chi connectivity index (χ0v) is 8.73. The van der Waals surface area contributed by atoms with Gasteiger partial charge in [-0.05, 0) is 19.4 Å². The van der Waals surface area contributed by atoms with Gasteiger partial charge in [0.25, 0.3) is 0 Å². The molecule has 3 fully saturated rings. The van der Waals surface area contributed by atoms with E-state index in [9.17, 15) is 4.79 Å². The highest BCUT2D eigenvalue weighted by Crippen LogP contribution is 2.43. The Kier molecular flexibility index (Phi) is 1.67. The first-order valence-electron chi connectivity index (χ1n) is 5.51. The highest BCUT2D eigenvalue weighted by molar-refractivity contribution is 5.76. The van der Waals surface area contributed by atoms with Crippen LogP contribution in [0.3, 0.4) is 0 Å². The number of hydrogen-bond donors (Lipinski definition) is 1. The molecule has 1 N–H and O–H groups in total. The van der Waals surface area contributed by atoms with Crippen molar-refractivity contribution in [1.82, 2.24) is 15.3 Å². The molecule has 4 bridgehead atoms. The number of carbonyl (C=O) groups excluding carboxylic acids is 1. The predicted molar refractivity (Wildman–Crippen MR) is 52.4 cm³/mol. The van der Waals surface area contributed by atoms with Gasteiger partial charge in [0, 0.05) is 25.0 Å². The van der Waals surface area contributed by atoms with Crippen LogP contribution in [0, 0.1) is 5.92 Å². The van der Waals surface area contributed by atoms with Crippen molar-refractivity contribution in [3.8, 4) is 0 Å². The Morgan fingerprint density at radius 3 is 3.00 bits per heavy atom. The summed E-state index contributed by atoms with van der Waals surface area (Å²) in [7, 11) is 2.17. The van der Waals surface area contributed by atoms with Crippen molar-refractivity contribution in [1.29, 1.82) is 0 Å². The quantitative estimate of drug-likeness (QED) is 0.630. The van der Waals surface area contributed by atoms with Gasteiger partial charge in [-0.3, -0.25) is 14.7 Å². The molecule has 1 saturated carbocycles. The van der Waals surface area contributed by atoms with Gasteiger partial charge >= 0.3 is 0 Å². The summed E-state index contributed by atoms with van der Waals surface area (Å²) in [5, 5.41) is 1.89. The number of rotatable bonds is 1. The van der Waals surface area contributed by atoms with E-state index < -0.39 is 0 Å². The minimum Gasteiger partial charge on any atom is -0.299 e. The van der Waals surface area contributed by atoms with E-state index >= 15 is 0 Å². The summed E-state index contributed by atoms with van der Waals surface area (Å²) < 4.78 is 0. The van der Waals surface area contributed by atoms with Gasteiger partial charge in [-0.15, -0.1) is 0 Å². The average Bonchev–Trinajstić information content (AvgIpc) is 2.79. The molecule has 14 heavy (non-hydrogen) atoms. The van der Waals surface area contributed by atoms with Crippen molar-refractivity contribution in [2.24, 2.45) is 5.92 Å². The summed E-state index contributed by atoms with van der Waals surface area (Å²) in [6.45, 7) is 3.13. The van der Waals surface area contributed by atoms with Gasteiger partial charge in [-0.25, -0.2) is 5.43 Å². The van der Waals surface area contributed by atoms with Gasteiger partial charge in [0.1, 0.15) is 0 Å². The molecule has 4 nitrogen and oxygen atoms in total. The number of carbonyl (C=O) groups is 1. The Morgan fingerprint density at radius 1 is 1.57 bits per heavy atom. The van der Waals surface area contributed by atoms with Crippen LogP contribution in [0.2, 0.25) is 0 Å². The molecule has 4 atom stereocenters. The summed E-state index contributed by atoms with van der Waals surface area (Å²) in [5.41, 5.74) is 3.38. The van der Waals surface area contributed by atoms with Crippen LogP contribution in [-0.4, -0.2) is 47.5 Å². The maximum atomic E-state index is 11.6. The number of hydrogen-bond acceptors (Lipinski definition) is 3. The molecule has 3 rings (SSSR count). The molecular weight excluding hydrogens is 178 g/mol. The van der Waals surface area contributed by atoms with Crippen LogP contribution in [-0.2, 0) is 4.79 Å². The molecule has 2 aliphatic heterocycles. The third kappa shape index (κ3) is 0.880. The van der Waals surface area contributed by atoms with Gasteiger partial charge in [0.15, 0.2) is 0 Å². The number of hydrazine groups is 1. The molecule has 1 aliphatic carbocycles. The lowest BCUT2D eigenvalue weighted by molar-refractivity contribution is -0.137. The van der Waals surface area contributed by atoms with Gasteiger partial charge < -0.3 is 0 Å². The molecule has 2 heterocycles. The second-order valence-corrected chi connectivity index (χ2v) is 4.77. The molecule has 0 aromatic rings. The van der Waals surface area contributed by atoms with Crippen molar-refractivity contribution in [3.05, 3.63) is 0 Å². The fourth-order valence-corrected chi connectivity index (χ4v) is 3.49. The van der Waals surface area contributed by atoms with Crippen LogP contribution >= 0.6 is 0 Å². The normalized spacial score (nSPS) is 45.1. The van der Waals surface area contributed by atoms with E-state index in [0.717, 1.165) is 5.92 Å². The Labute approximate surface area is 84.2 Å². The zero-order valence-electron chi connectivity index (χ0n) is 8.73. The lowest BCUT2D eigenvalue weighted by Crippen LogP contribution is -2.52. The van der Waals surface area contributed by atoms with E-state index in [1.165, 1.54) is 13.0 Å². The van der Waals surface area contributed by atoms with Crippen molar-refractivity contribution in [2.45, 2.75) is 37.9 Å². The first kappa shape index (κ1) is 8.68. The van der Waals surface area contributed by atoms with Crippen LogP contribution in [0.15, 0.2) is 0 Å². The van der Waals surface area contributed by atoms with E-state index in [1.54, 1.807) is 0 Å². The zero-order chi connectivity index (χ0) is 9.87. The first-order chi connectivity index (χ1) is 6.72. The number of likely N-dealkylation sites (N-methyl/N-ethyl adjacent to an activating group) is 1. The summed E-state index contributed by atoms with van der Waals surface area (Å²) in [6.07, 6.45) is 1.82. The number of piperidine rings is 1. The third-order valence-corrected chi connectivity index (χ3v) is 4.04. The van der Waals surface area contributed by atoms with E-state index in [1.807, 2.05) is 11.9 Å². The Balaban J connectivity index is 1.83. The second-order valence-electron chi connectivity index (χ2n) is 4.77. The lowest BCUT2D eigenvalue weighted by Gasteiger charge is -2.35. The standard InChI is InChI=1S/C10H17N3O/c1-3-8(14)13-7-4-6-5-12(2)10(7)9(6)11-13/h6-7,9-11H,3-5H2,1-2H3/t6?,7-,9?,10?/m0/s1. The first-order valence-corrected chi connectivity index (χ1v) is 5.51.